The lowest BCUT2D eigenvalue weighted by atomic mass is 9.97. The first kappa shape index (κ1) is 19.4. The number of amides is 1. The van der Waals surface area contributed by atoms with Crippen LogP contribution in [0.5, 0.6) is 0 Å². The molecule has 0 aliphatic carbocycles. The highest BCUT2D eigenvalue weighted by Crippen LogP contribution is 2.38. The molecule has 2 fully saturated rings. The summed E-state index contributed by atoms with van der Waals surface area (Å²) in [7, 11) is 2.24. The van der Waals surface area contributed by atoms with E-state index in [1.165, 1.54) is 12.8 Å². The van der Waals surface area contributed by atoms with Gasteiger partial charge in [0, 0.05) is 35.1 Å². The third-order valence-electron chi connectivity index (χ3n) is 7.13. The minimum Gasteiger partial charge on any atom is -0.349 e. The number of hydrogen-bond acceptors (Lipinski definition) is 2. The topological polar surface area (TPSA) is 37.3 Å². The van der Waals surface area contributed by atoms with Gasteiger partial charge >= 0.3 is 0 Å². The molecule has 2 aliphatic heterocycles. The molecule has 0 saturated carbocycles. The maximum Gasteiger partial charge on any atom is 0.254 e. The van der Waals surface area contributed by atoms with Crippen LogP contribution < -0.4 is 5.32 Å². The van der Waals surface area contributed by atoms with Gasteiger partial charge in [-0.2, -0.15) is 0 Å². The number of piperidine rings is 1. The molecule has 4 heteroatoms. The van der Waals surface area contributed by atoms with Crippen LogP contribution in [-0.2, 0) is 0 Å². The second kappa shape index (κ2) is 7.59. The highest BCUT2D eigenvalue weighted by Gasteiger charge is 2.39. The van der Waals surface area contributed by atoms with Gasteiger partial charge < -0.3 is 14.8 Å². The number of carbonyl (C=O) groups is 1. The molecular weight excluding hydrogens is 370 g/mol. The van der Waals surface area contributed by atoms with E-state index in [0.29, 0.717) is 12.1 Å². The van der Waals surface area contributed by atoms with Gasteiger partial charge in [0.25, 0.3) is 5.91 Å². The van der Waals surface area contributed by atoms with Crippen LogP contribution >= 0.6 is 0 Å². The molecule has 0 spiro atoms. The Hall–Kier alpha value is -2.59. The van der Waals surface area contributed by atoms with E-state index >= 15 is 0 Å². The second-order valence-electron chi connectivity index (χ2n) is 9.26. The molecule has 3 atom stereocenters. The number of hydrogen-bond donors (Lipinski definition) is 1. The summed E-state index contributed by atoms with van der Waals surface area (Å²) in [5.74, 6) is 0.0680. The average Bonchev–Trinajstić information content (AvgIpc) is 3.18. The highest BCUT2D eigenvalue weighted by molar-refractivity contribution is 6.13. The van der Waals surface area contributed by atoms with Crippen LogP contribution in [0.15, 0.2) is 54.6 Å². The van der Waals surface area contributed by atoms with Gasteiger partial charge in [0.1, 0.15) is 0 Å². The Balaban J connectivity index is 1.59. The number of fused-ring (bicyclic) bond motifs is 3. The van der Waals surface area contributed by atoms with Crippen LogP contribution in [0.25, 0.3) is 22.2 Å². The number of benzene rings is 2. The number of nitrogens with zero attached hydrogens (tertiary/aromatic N) is 2. The molecule has 1 unspecified atom stereocenters. The van der Waals surface area contributed by atoms with Crippen molar-refractivity contribution in [3.8, 4) is 11.3 Å². The van der Waals surface area contributed by atoms with Gasteiger partial charge in [-0.25, -0.2) is 0 Å². The Morgan fingerprint density at radius 1 is 0.967 bits per heavy atom. The summed E-state index contributed by atoms with van der Waals surface area (Å²) in [4.78, 5) is 16.3. The molecule has 1 amide bonds. The predicted molar refractivity (Wildman–Crippen MR) is 123 cm³/mol. The van der Waals surface area contributed by atoms with Crippen LogP contribution in [0, 0.1) is 0 Å². The fraction of sp³-hybridized carbons (Fsp3) is 0.423. The van der Waals surface area contributed by atoms with E-state index in [-0.39, 0.29) is 18.0 Å². The fourth-order valence-corrected chi connectivity index (χ4v) is 5.70. The summed E-state index contributed by atoms with van der Waals surface area (Å²) < 4.78 is 2.32. The molecule has 3 aromatic rings. The van der Waals surface area contributed by atoms with Crippen molar-refractivity contribution in [2.24, 2.45) is 0 Å². The smallest absolute Gasteiger partial charge is 0.254 e. The first-order valence-corrected chi connectivity index (χ1v) is 11.3. The number of aromatic nitrogens is 1. The predicted octanol–water partition coefficient (Wildman–Crippen LogP) is 5.24. The lowest BCUT2D eigenvalue weighted by molar-refractivity contribution is 0.0884. The van der Waals surface area contributed by atoms with E-state index in [9.17, 15) is 4.79 Å². The molecular formula is C26H31N3O. The molecule has 2 aliphatic rings. The van der Waals surface area contributed by atoms with Gasteiger partial charge in [0.2, 0.25) is 0 Å². The molecule has 2 aromatic carbocycles. The largest absolute Gasteiger partial charge is 0.349 e. The molecule has 1 N–H and O–H groups in total. The van der Waals surface area contributed by atoms with E-state index in [1.54, 1.807) is 0 Å². The molecule has 30 heavy (non-hydrogen) atoms. The zero-order valence-electron chi connectivity index (χ0n) is 18.1. The van der Waals surface area contributed by atoms with Crippen molar-refractivity contribution in [2.75, 3.05) is 7.05 Å². The van der Waals surface area contributed by atoms with Crippen molar-refractivity contribution in [1.29, 1.82) is 0 Å². The molecule has 1 aromatic heterocycles. The zero-order valence-corrected chi connectivity index (χ0v) is 18.1. The van der Waals surface area contributed by atoms with Crippen molar-refractivity contribution in [2.45, 2.75) is 63.7 Å². The lowest BCUT2D eigenvalue weighted by Crippen LogP contribution is -2.48. The van der Waals surface area contributed by atoms with Crippen LogP contribution in [-0.4, -0.2) is 40.5 Å². The average molecular weight is 402 g/mol. The minimum absolute atomic E-state index is 0.0680. The van der Waals surface area contributed by atoms with E-state index in [2.05, 4.69) is 66.0 Å². The molecule has 2 saturated heterocycles. The van der Waals surface area contributed by atoms with Crippen molar-refractivity contribution in [3.63, 3.8) is 0 Å². The Labute approximate surface area is 178 Å². The van der Waals surface area contributed by atoms with Crippen molar-refractivity contribution >= 4 is 16.8 Å². The molecule has 3 heterocycles. The van der Waals surface area contributed by atoms with E-state index in [1.807, 2.05) is 24.3 Å². The van der Waals surface area contributed by atoms with Crippen LogP contribution in [0.1, 0.15) is 55.9 Å². The summed E-state index contributed by atoms with van der Waals surface area (Å²) in [6, 6.07) is 20.4. The molecule has 2 bridgehead atoms. The maximum atomic E-state index is 13.7. The number of nitrogens with one attached hydrogen (secondary N) is 1. The Kier molecular flexibility index (Phi) is 4.90. The Bertz CT molecular complexity index is 1050. The van der Waals surface area contributed by atoms with Gasteiger partial charge in [-0.15, -0.1) is 0 Å². The first-order valence-electron chi connectivity index (χ1n) is 11.3. The molecule has 0 radical (unpaired) electrons. The van der Waals surface area contributed by atoms with E-state index in [4.69, 9.17) is 0 Å². The third kappa shape index (κ3) is 3.14. The molecule has 5 rings (SSSR count). The van der Waals surface area contributed by atoms with Gasteiger partial charge in [0.05, 0.1) is 11.3 Å². The van der Waals surface area contributed by atoms with Gasteiger partial charge in [-0.1, -0.05) is 48.5 Å². The summed E-state index contributed by atoms with van der Waals surface area (Å²) >= 11 is 0. The molecule has 156 valence electrons. The standard InChI is InChI=1S/C26H31N3O/c1-17(2)29-23-12-8-7-11-22(23)24(25(29)18-9-5-4-6-10-18)26(30)27-19-15-20-13-14-21(16-19)28(20)3/h4-12,17,19-21H,13-16H2,1-3H3,(H,27,30)/t19?,20-,21+. The van der Waals surface area contributed by atoms with Gasteiger partial charge in [-0.05, 0) is 58.2 Å². The number of para-hydroxylation sites is 1. The SMILES string of the molecule is CC(C)n1c(-c2ccccc2)c(C(=O)NC2C[C@H]3CC[C@@H](C2)N3C)c2ccccc21. The monoisotopic (exact) mass is 401 g/mol. The van der Waals surface area contributed by atoms with Crippen molar-refractivity contribution in [1.82, 2.24) is 14.8 Å². The third-order valence-corrected chi connectivity index (χ3v) is 7.13. The molecule has 4 nitrogen and oxygen atoms in total. The quantitative estimate of drug-likeness (QED) is 0.649. The first-order chi connectivity index (χ1) is 14.5. The summed E-state index contributed by atoms with van der Waals surface area (Å²) in [5.41, 5.74) is 4.06. The Morgan fingerprint density at radius 2 is 1.60 bits per heavy atom. The Morgan fingerprint density at radius 3 is 2.27 bits per heavy atom. The van der Waals surface area contributed by atoms with E-state index < -0.39 is 0 Å². The second-order valence-corrected chi connectivity index (χ2v) is 9.26. The lowest BCUT2D eigenvalue weighted by Gasteiger charge is -2.36. The van der Waals surface area contributed by atoms with Gasteiger partial charge in [0.15, 0.2) is 0 Å². The van der Waals surface area contributed by atoms with Crippen LogP contribution in [0.3, 0.4) is 0 Å². The maximum absolute atomic E-state index is 13.7. The van der Waals surface area contributed by atoms with Crippen molar-refractivity contribution < 1.29 is 4.79 Å². The number of carbonyl (C=O) groups excluding carboxylic acids is 1. The van der Waals surface area contributed by atoms with E-state index in [0.717, 1.165) is 40.6 Å². The summed E-state index contributed by atoms with van der Waals surface area (Å²) in [6.45, 7) is 4.38. The van der Waals surface area contributed by atoms with Crippen molar-refractivity contribution in [3.05, 3.63) is 60.2 Å². The van der Waals surface area contributed by atoms with Crippen LogP contribution in [0.2, 0.25) is 0 Å². The fourth-order valence-electron chi connectivity index (χ4n) is 5.70. The number of rotatable bonds is 4. The zero-order chi connectivity index (χ0) is 20.8. The summed E-state index contributed by atoms with van der Waals surface area (Å²) in [5, 5.41) is 4.47. The highest BCUT2D eigenvalue weighted by atomic mass is 16.1. The normalized spacial score (nSPS) is 23.9. The van der Waals surface area contributed by atoms with Crippen LogP contribution in [0.4, 0.5) is 0 Å². The minimum atomic E-state index is 0.0680. The summed E-state index contributed by atoms with van der Waals surface area (Å²) in [6.07, 6.45) is 4.63. The van der Waals surface area contributed by atoms with Gasteiger partial charge in [-0.3, -0.25) is 4.79 Å².